The lowest BCUT2D eigenvalue weighted by Crippen LogP contribution is -2.66. The van der Waals surface area contributed by atoms with E-state index in [0.29, 0.717) is 18.2 Å². The van der Waals surface area contributed by atoms with Crippen molar-refractivity contribution < 1.29 is 9.59 Å². The van der Waals surface area contributed by atoms with Crippen LogP contribution < -0.4 is 10.2 Å². The fourth-order valence-corrected chi connectivity index (χ4v) is 6.08. The Labute approximate surface area is 187 Å². The van der Waals surface area contributed by atoms with Crippen LogP contribution in [-0.2, 0) is 11.3 Å². The molecule has 31 heavy (non-hydrogen) atoms. The van der Waals surface area contributed by atoms with E-state index in [-0.39, 0.29) is 17.9 Å². The summed E-state index contributed by atoms with van der Waals surface area (Å²) in [7, 11) is 0. The Morgan fingerprint density at radius 1 is 1.19 bits per heavy atom. The lowest BCUT2D eigenvalue weighted by molar-refractivity contribution is -0.127. The molecular formula is C25H29N3O2S. The molecule has 1 aromatic carbocycles. The smallest absolute Gasteiger partial charge is 0.275 e. The van der Waals surface area contributed by atoms with E-state index in [1.54, 1.807) is 16.2 Å². The number of benzene rings is 1. The van der Waals surface area contributed by atoms with Crippen molar-refractivity contribution in [3.8, 4) is 0 Å². The van der Waals surface area contributed by atoms with Gasteiger partial charge in [0.1, 0.15) is 11.2 Å². The standard InChI is InChI=1S/C25H29N3O2S/c1-16-8-4-6-10-18(16)26-24(30)25(3)15-27-20-12-13-31-22(20)14-21(27)23(29)28(25)19-11-7-5-9-17(19)2/h5,7,9,11-14,16,18H,4,6,8,10,15H2,1-3H3,(H,26,30)/t16-,18-,25-/m1/s1. The molecule has 0 radical (unpaired) electrons. The first-order chi connectivity index (χ1) is 14.9. The summed E-state index contributed by atoms with van der Waals surface area (Å²) < 4.78 is 3.12. The molecule has 1 N–H and O–H groups in total. The van der Waals surface area contributed by atoms with E-state index in [0.717, 1.165) is 40.7 Å². The Bertz CT molecular complexity index is 1160. The second kappa shape index (κ2) is 7.52. The summed E-state index contributed by atoms with van der Waals surface area (Å²) >= 11 is 1.63. The highest BCUT2D eigenvalue weighted by Crippen LogP contribution is 2.38. The van der Waals surface area contributed by atoms with Crippen LogP contribution in [0, 0.1) is 12.8 Å². The van der Waals surface area contributed by atoms with Crippen molar-refractivity contribution in [1.82, 2.24) is 9.88 Å². The number of carbonyl (C=O) groups is 2. The number of aromatic nitrogens is 1. The molecule has 1 fully saturated rings. The lowest BCUT2D eigenvalue weighted by Gasteiger charge is -2.45. The average molecular weight is 436 g/mol. The van der Waals surface area contributed by atoms with E-state index in [4.69, 9.17) is 0 Å². The molecule has 0 unspecified atom stereocenters. The summed E-state index contributed by atoms with van der Waals surface area (Å²) in [5.41, 5.74) is 2.46. The zero-order chi connectivity index (χ0) is 21.8. The maximum Gasteiger partial charge on any atom is 0.275 e. The monoisotopic (exact) mass is 435 g/mol. The van der Waals surface area contributed by atoms with Crippen molar-refractivity contribution in [2.45, 2.75) is 64.6 Å². The van der Waals surface area contributed by atoms with Crippen LogP contribution in [0.5, 0.6) is 0 Å². The van der Waals surface area contributed by atoms with Crippen molar-refractivity contribution in [1.29, 1.82) is 0 Å². The second-order valence-corrected chi connectivity index (χ2v) is 10.3. The van der Waals surface area contributed by atoms with E-state index >= 15 is 0 Å². The van der Waals surface area contributed by atoms with Gasteiger partial charge >= 0.3 is 0 Å². The quantitative estimate of drug-likeness (QED) is 0.620. The third-order valence-electron chi connectivity index (χ3n) is 7.18. The Morgan fingerprint density at radius 2 is 1.97 bits per heavy atom. The molecule has 3 aromatic rings. The van der Waals surface area contributed by atoms with Crippen LogP contribution in [0.1, 0.15) is 55.6 Å². The van der Waals surface area contributed by atoms with Crippen LogP contribution in [0.15, 0.2) is 41.8 Å². The number of fused-ring (bicyclic) bond motifs is 3. The minimum absolute atomic E-state index is 0.0643. The van der Waals surface area contributed by atoms with Gasteiger partial charge in [-0.25, -0.2) is 0 Å². The summed E-state index contributed by atoms with van der Waals surface area (Å²) in [4.78, 5) is 29.4. The number of hydrogen-bond donors (Lipinski definition) is 1. The molecule has 3 atom stereocenters. The summed E-state index contributed by atoms with van der Waals surface area (Å²) in [6, 6.07) is 12.0. The second-order valence-electron chi connectivity index (χ2n) is 9.33. The Kier molecular flexibility index (Phi) is 4.93. The van der Waals surface area contributed by atoms with Crippen LogP contribution in [0.2, 0.25) is 0 Å². The molecule has 162 valence electrons. The highest BCUT2D eigenvalue weighted by atomic mass is 32.1. The SMILES string of the molecule is Cc1ccccc1N1C(=O)c2cc3sccc3n2C[C@]1(C)C(=O)N[C@@H]1CCCC[C@H]1C. The van der Waals surface area contributed by atoms with Gasteiger partial charge in [0, 0.05) is 11.7 Å². The molecule has 2 aliphatic rings. The number of nitrogens with zero attached hydrogens (tertiary/aromatic N) is 2. The molecule has 1 aliphatic carbocycles. The van der Waals surface area contributed by atoms with Crippen molar-refractivity contribution >= 4 is 39.1 Å². The van der Waals surface area contributed by atoms with Gasteiger partial charge in [0.25, 0.3) is 5.91 Å². The van der Waals surface area contributed by atoms with Gasteiger partial charge in [0.2, 0.25) is 5.91 Å². The van der Waals surface area contributed by atoms with Gasteiger partial charge in [-0.3, -0.25) is 14.5 Å². The van der Waals surface area contributed by atoms with Crippen molar-refractivity contribution in [3.63, 3.8) is 0 Å². The van der Waals surface area contributed by atoms with E-state index in [2.05, 4.69) is 12.2 Å². The van der Waals surface area contributed by atoms with E-state index < -0.39 is 5.54 Å². The fourth-order valence-electron chi connectivity index (χ4n) is 5.26. The number of hydrogen-bond acceptors (Lipinski definition) is 3. The number of anilines is 1. The maximum absolute atomic E-state index is 13.9. The van der Waals surface area contributed by atoms with Crippen LogP contribution in [0.25, 0.3) is 10.2 Å². The number of amides is 2. The summed E-state index contributed by atoms with van der Waals surface area (Å²) in [5, 5.41) is 5.38. The molecule has 1 aliphatic heterocycles. The topological polar surface area (TPSA) is 54.3 Å². The lowest BCUT2D eigenvalue weighted by atomic mass is 9.84. The van der Waals surface area contributed by atoms with Crippen LogP contribution in [-0.4, -0.2) is 28.0 Å². The van der Waals surface area contributed by atoms with Crippen LogP contribution in [0.4, 0.5) is 5.69 Å². The minimum atomic E-state index is -1.01. The number of nitrogens with one attached hydrogen (secondary N) is 1. The minimum Gasteiger partial charge on any atom is -0.351 e. The molecule has 0 bridgehead atoms. The molecule has 6 heteroatoms. The van der Waals surface area contributed by atoms with E-state index in [1.165, 1.54) is 6.42 Å². The van der Waals surface area contributed by atoms with Gasteiger partial charge in [-0.15, -0.1) is 11.3 Å². The summed E-state index contributed by atoms with van der Waals surface area (Å²) in [5.74, 6) is 0.280. The van der Waals surface area contributed by atoms with Gasteiger partial charge in [-0.2, -0.15) is 0 Å². The highest BCUT2D eigenvalue weighted by Gasteiger charge is 2.49. The number of carbonyl (C=O) groups excluding carboxylic acids is 2. The molecule has 5 nitrogen and oxygen atoms in total. The molecule has 5 rings (SSSR count). The molecule has 2 aromatic heterocycles. The molecule has 3 heterocycles. The first kappa shape index (κ1) is 20.3. The van der Waals surface area contributed by atoms with E-state index in [9.17, 15) is 9.59 Å². The van der Waals surface area contributed by atoms with Gasteiger partial charge in [-0.1, -0.05) is 38.0 Å². The fraction of sp³-hybridized carbons (Fsp3) is 0.440. The molecular weight excluding hydrogens is 406 g/mol. The predicted molar refractivity (Wildman–Crippen MR) is 126 cm³/mol. The van der Waals surface area contributed by atoms with E-state index in [1.807, 2.05) is 60.2 Å². The van der Waals surface area contributed by atoms with Gasteiger partial charge in [0.15, 0.2) is 0 Å². The molecule has 2 amide bonds. The number of thiophene rings is 1. The first-order valence-electron chi connectivity index (χ1n) is 11.2. The number of aryl methyl sites for hydroxylation is 1. The highest BCUT2D eigenvalue weighted by molar-refractivity contribution is 7.17. The van der Waals surface area contributed by atoms with Crippen LogP contribution in [0.3, 0.4) is 0 Å². The first-order valence-corrected chi connectivity index (χ1v) is 12.1. The molecule has 0 spiro atoms. The Hall–Kier alpha value is -2.60. The van der Waals surface area contributed by atoms with Gasteiger partial charge in [0.05, 0.1) is 16.8 Å². The van der Waals surface area contributed by atoms with Gasteiger partial charge < -0.3 is 9.88 Å². The summed E-state index contributed by atoms with van der Waals surface area (Å²) in [6.07, 6.45) is 4.51. The maximum atomic E-state index is 13.9. The van der Waals surface area contributed by atoms with Crippen LogP contribution >= 0.6 is 11.3 Å². The van der Waals surface area contributed by atoms with Crippen molar-refractivity contribution in [2.24, 2.45) is 5.92 Å². The largest absolute Gasteiger partial charge is 0.351 e. The molecule has 1 saturated carbocycles. The van der Waals surface area contributed by atoms with Crippen molar-refractivity contribution in [2.75, 3.05) is 4.90 Å². The Morgan fingerprint density at radius 3 is 2.74 bits per heavy atom. The normalized spacial score (nSPS) is 26.2. The Balaban J connectivity index is 1.61. The zero-order valence-electron chi connectivity index (χ0n) is 18.4. The zero-order valence-corrected chi connectivity index (χ0v) is 19.2. The van der Waals surface area contributed by atoms with Gasteiger partial charge in [-0.05, 0) is 61.7 Å². The third-order valence-corrected chi connectivity index (χ3v) is 8.03. The third kappa shape index (κ3) is 3.19. The number of para-hydroxylation sites is 1. The predicted octanol–water partition coefficient (Wildman–Crippen LogP) is 5.13. The van der Waals surface area contributed by atoms with Crippen molar-refractivity contribution in [3.05, 3.63) is 53.0 Å². The molecule has 0 saturated heterocycles. The number of rotatable bonds is 3. The average Bonchev–Trinajstić information content (AvgIpc) is 3.33. The summed E-state index contributed by atoms with van der Waals surface area (Å²) in [6.45, 7) is 6.57.